The number of furan rings is 2. The summed E-state index contributed by atoms with van der Waals surface area (Å²) in [6, 6.07) is 7.45. The molecule has 18 heavy (non-hydrogen) atoms. The molecule has 0 spiro atoms. The summed E-state index contributed by atoms with van der Waals surface area (Å²) >= 11 is 0. The molecule has 4 heteroatoms. The third-order valence-corrected chi connectivity index (χ3v) is 2.89. The van der Waals surface area contributed by atoms with Gasteiger partial charge in [-0.2, -0.15) is 0 Å². The number of ether oxygens (including phenoxy) is 1. The Bertz CT molecular complexity index is 461. The van der Waals surface area contributed by atoms with Gasteiger partial charge in [-0.3, -0.25) is 0 Å². The Labute approximate surface area is 107 Å². The van der Waals surface area contributed by atoms with Gasteiger partial charge in [-0.25, -0.2) is 0 Å². The van der Waals surface area contributed by atoms with E-state index in [-0.39, 0.29) is 12.1 Å². The molecule has 0 saturated heterocycles. The lowest BCUT2D eigenvalue weighted by molar-refractivity contribution is -0.000707. The van der Waals surface area contributed by atoms with Crippen LogP contribution in [0.25, 0.3) is 0 Å². The first-order valence-corrected chi connectivity index (χ1v) is 6.16. The summed E-state index contributed by atoms with van der Waals surface area (Å²) in [5, 5.41) is 0. The van der Waals surface area contributed by atoms with Gasteiger partial charge in [0.25, 0.3) is 0 Å². The largest absolute Gasteiger partial charge is 0.467 e. The highest BCUT2D eigenvalue weighted by molar-refractivity contribution is 5.10. The number of rotatable bonds is 6. The summed E-state index contributed by atoms with van der Waals surface area (Å²) in [7, 11) is 0. The van der Waals surface area contributed by atoms with E-state index in [4.69, 9.17) is 19.3 Å². The van der Waals surface area contributed by atoms with Gasteiger partial charge in [-0.05, 0) is 37.6 Å². The average Bonchev–Trinajstić information content (AvgIpc) is 3.01. The van der Waals surface area contributed by atoms with Crippen LogP contribution in [-0.2, 0) is 11.3 Å². The first kappa shape index (κ1) is 12.9. The van der Waals surface area contributed by atoms with Crippen molar-refractivity contribution in [1.29, 1.82) is 0 Å². The summed E-state index contributed by atoms with van der Waals surface area (Å²) in [4.78, 5) is 0. The van der Waals surface area contributed by atoms with Crippen LogP contribution in [0.2, 0.25) is 0 Å². The zero-order chi connectivity index (χ0) is 13.0. The van der Waals surface area contributed by atoms with Crippen molar-refractivity contribution < 1.29 is 13.6 Å². The van der Waals surface area contributed by atoms with Gasteiger partial charge < -0.3 is 19.3 Å². The highest BCUT2D eigenvalue weighted by Crippen LogP contribution is 2.25. The van der Waals surface area contributed by atoms with Gasteiger partial charge >= 0.3 is 0 Å². The van der Waals surface area contributed by atoms with E-state index in [1.165, 1.54) is 0 Å². The van der Waals surface area contributed by atoms with Crippen LogP contribution in [0.4, 0.5) is 0 Å². The van der Waals surface area contributed by atoms with Crippen molar-refractivity contribution in [1.82, 2.24) is 0 Å². The minimum atomic E-state index is -0.242. The zero-order valence-corrected chi connectivity index (χ0v) is 10.8. The summed E-state index contributed by atoms with van der Waals surface area (Å²) in [5.41, 5.74) is 6.08. The highest BCUT2D eigenvalue weighted by atomic mass is 16.5. The van der Waals surface area contributed by atoms with E-state index in [1.54, 1.807) is 6.26 Å². The molecule has 0 aliphatic carbocycles. The summed E-state index contributed by atoms with van der Waals surface area (Å²) in [6.45, 7) is 4.33. The predicted octanol–water partition coefficient (Wildman–Crippen LogP) is 3.18. The Morgan fingerprint density at radius 2 is 2.17 bits per heavy atom. The maximum atomic E-state index is 6.08. The fourth-order valence-corrected chi connectivity index (χ4v) is 1.80. The first-order valence-electron chi connectivity index (χ1n) is 6.16. The molecule has 0 fully saturated rings. The van der Waals surface area contributed by atoms with E-state index in [0.717, 1.165) is 23.7 Å². The van der Waals surface area contributed by atoms with E-state index in [0.29, 0.717) is 6.61 Å². The normalized spacial score (nSPS) is 14.6. The maximum Gasteiger partial charge on any atom is 0.134 e. The van der Waals surface area contributed by atoms with Crippen LogP contribution in [-0.4, -0.2) is 6.04 Å². The van der Waals surface area contributed by atoms with Gasteiger partial charge in [-0.1, -0.05) is 6.92 Å². The molecule has 2 unspecified atom stereocenters. The molecule has 2 aromatic rings. The van der Waals surface area contributed by atoms with Crippen LogP contribution in [0.5, 0.6) is 0 Å². The van der Waals surface area contributed by atoms with Crippen molar-refractivity contribution in [3.63, 3.8) is 0 Å². The van der Waals surface area contributed by atoms with Crippen LogP contribution in [0.15, 0.2) is 39.4 Å². The highest BCUT2D eigenvalue weighted by Gasteiger charge is 2.22. The number of hydrogen-bond donors (Lipinski definition) is 1. The van der Waals surface area contributed by atoms with Crippen LogP contribution in [0.1, 0.15) is 36.7 Å². The summed E-state index contributed by atoms with van der Waals surface area (Å²) < 4.78 is 16.7. The van der Waals surface area contributed by atoms with E-state index < -0.39 is 0 Å². The molecular formula is C14H19NO3. The molecule has 4 nitrogen and oxygen atoms in total. The minimum absolute atomic E-state index is 0.0921. The molecule has 0 amide bonds. The molecule has 2 aromatic heterocycles. The zero-order valence-electron chi connectivity index (χ0n) is 10.8. The van der Waals surface area contributed by atoms with Gasteiger partial charge in [0.05, 0.1) is 6.26 Å². The molecule has 2 atom stereocenters. The van der Waals surface area contributed by atoms with Crippen LogP contribution >= 0.6 is 0 Å². The van der Waals surface area contributed by atoms with Crippen molar-refractivity contribution in [2.24, 2.45) is 5.73 Å². The van der Waals surface area contributed by atoms with Crippen LogP contribution in [0.3, 0.4) is 0 Å². The van der Waals surface area contributed by atoms with Gasteiger partial charge in [0.1, 0.15) is 30.0 Å². The molecule has 0 saturated carbocycles. The molecule has 0 radical (unpaired) electrons. The fraction of sp³-hybridized carbons (Fsp3) is 0.429. The van der Waals surface area contributed by atoms with Crippen molar-refractivity contribution >= 4 is 0 Å². The number of aryl methyl sites for hydroxylation is 1. The fourth-order valence-electron chi connectivity index (χ4n) is 1.80. The monoisotopic (exact) mass is 249 g/mol. The molecule has 2 N–H and O–H groups in total. The lowest BCUT2D eigenvalue weighted by Crippen LogP contribution is -2.29. The second-order valence-electron chi connectivity index (χ2n) is 4.33. The van der Waals surface area contributed by atoms with Gasteiger partial charge in [0.15, 0.2) is 0 Å². The molecule has 98 valence electrons. The molecule has 0 aliphatic rings. The Morgan fingerprint density at radius 1 is 1.33 bits per heavy atom. The topological polar surface area (TPSA) is 61.5 Å². The van der Waals surface area contributed by atoms with E-state index in [1.807, 2.05) is 38.1 Å². The number of nitrogens with two attached hydrogens (primary N) is 1. The molecule has 2 heterocycles. The third kappa shape index (κ3) is 3.03. The Balaban J connectivity index is 2.05. The Morgan fingerprint density at radius 3 is 2.72 bits per heavy atom. The smallest absolute Gasteiger partial charge is 0.134 e. The predicted molar refractivity (Wildman–Crippen MR) is 67.9 cm³/mol. The van der Waals surface area contributed by atoms with Crippen molar-refractivity contribution in [2.45, 2.75) is 39.0 Å². The maximum absolute atomic E-state index is 6.08. The van der Waals surface area contributed by atoms with Gasteiger partial charge in [0, 0.05) is 6.04 Å². The Kier molecular flexibility index (Phi) is 4.23. The molecule has 2 rings (SSSR count). The number of hydrogen-bond acceptors (Lipinski definition) is 4. The molecular weight excluding hydrogens is 230 g/mol. The quantitative estimate of drug-likeness (QED) is 0.854. The van der Waals surface area contributed by atoms with Gasteiger partial charge in [0.2, 0.25) is 0 Å². The lowest BCUT2D eigenvalue weighted by Gasteiger charge is -2.21. The first-order chi connectivity index (χ1) is 8.70. The van der Waals surface area contributed by atoms with E-state index in [9.17, 15) is 0 Å². The third-order valence-electron chi connectivity index (χ3n) is 2.89. The van der Waals surface area contributed by atoms with Crippen LogP contribution in [0, 0.1) is 6.92 Å². The van der Waals surface area contributed by atoms with Crippen molar-refractivity contribution in [3.8, 4) is 0 Å². The second kappa shape index (κ2) is 5.89. The van der Waals surface area contributed by atoms with E-state index in [2.05, 4.69) is 0 Å². The standard InChI is InChI=1S/C14H19NO3/c1-3-12(15)14(13-7-6-10(2)18-13)17-9-11-5-4-8-16-11/h4-8,12,14H,3,9,15H2,1-2H3. The molecule has 0 aliphatic heterocycles. The van der Waals surface area contributed by atoms with Crippen molar-refractivity contribution in [3.05, 3.63) is 47.8 Å². The van der Waals surface area contributed by atoms with E-state index >= 15 is 0 Å². The summed E-state index contributed by atoms with van der Waals surface area (Å²) in [5.74, 6) is 2.42. The summed E-state index contributed by atoms with van der Waals surface area (Å²) in [6.07, 6.45) is 2.21. The average molecular weight is 249 g/mol. The Hall–Kier alpha value is -1.52. The van der Waals surface area contributed by atoms with Gasteiger partial charge in [-0.15, -0.1) is 0 Å². The van der Waals surface area contributed by atoms with Crippen molar-refractivity contribution in [2.75, 3.05) is 0 Å². The second-order valence-corrected chi connectivity index (χ2v) is 4.33. The molecule has 0 bridgehead atoms. The SMILES string of the molecule is CCC(N)C(OCc1ccco1)c1ccc(C)o1. The van der Waals surface area contributed by atoms with Crippen LogP contribution < -0.4 is 5.73 Å². The molecule has 0 aromatic carbocycles. The lowest BCUT2D eigenvalue weighted by atomic mass is 10.1. The minimum Gasteiger partial charge on any atom is -0.467 e.